The molecule has 1 aliphatic heterocycles. The van der Waals surface area contributed by atoms with Gasteiger partial charge >= 0.3 is 0 Å². The molecule has 0 aromatic heterocycles. The van der Waals surface area contributed by atoms with Gasteiger partial charge in [0.25, 0.3) is 0 Å². The van der Waals surface area contributed by atoms with Gasteiger partial charge in [-0.1, -0.05) is 146 Å². The second-order valence-electron chi connectivity index (χ2n) is 16.3. The van der Waals surface area contributed by atoms with Crippen LogP contribution in [0.5, 0.6) is 0 Å². The van der Waals surface area contributed by atoms with Crippen molar-refractivity contribution in [2.45, 2.75) is 138 Å². The van der Waals surface area contributed by atoms with Crippen molar-refractivity contribution in [2.75, 3.05) is 6.61 Å². The fourth-order valence-electron chi connectivity index (χ4n) is 7.39. The normalized spacial score (nSPS) is 30.0. The Morgan fingerprint density at radius 1 is 0.692 bits per heavy atom. The van der Waals surface area contributed by atoms with Crippen LogP contribution in [0, 0.1) is 10.8 Å². The minimum absolute atomic E-state index is 0.196. The minimum atomic E-state index is -1.45. The van der Waals surface area contributed by atoms with E-state index in [-0.39, 0.29) is 16.9 Å². The van der Waals surface area contributed by atoms with Crippen molar-refractivity contribution < 1.29 is 29.9 Å². The summed E-state index contributed by atoms with van der Waals surface area (Å²) in [6, 6.07) is 0. The number of ether oxygens (including phenoxy) is 2. The largest absolute Gasteiger partial charge is 0.394 e. The third kappa shape index (κ3) is 12.8. The predicted molar refractivity (Wildman–Crippen MR) is 215 cm³/mol. The first-order valence-electron chi connectivity index (χ1n) is 18.9. The summed E-state index contributed by atoms with van der Waals surface area (Å²) < 4.78 is 11.7. The van der Waals surface area contributed by atoms with E-state index in [0.717, 1.165) is 11.1 Å². The van der Waals surface area contributed by atoms with E-state index in [1.807, 2.05) is 0 Å². The molecule has 1 heterocycles. The van der Waals surface area contributed by atoms with Gasteiger partial charge in [-0.2, -0.15) is 0 Å². The lowest BCUT2D eigenvalue weighted by molar-refractivity contribution is -0.313. The number of aliphatic hydroxyl groups is 4. The molecule has 6 heteroatoms. The molecule has 2 aliphatic carbocycles. The number of aliphatic hydroxyl groups excluding tert-OH is 4. The maximum Gasteiger partial charge on any atom is 0.186 e. The summed E-state index contributed by atoms with van der Waals surface area (Å²) in [6.45, 7) is 21.4. The second kappa shape index (κ2) is 19.8. The van der Waals surface area contributed by atoms with Gasteiger partial charge in [0.1, 0.15) is 24.4 Å². The van der Waals surface area contributed by atoms with Gasteiger partial charge in [-0.15, -0.1) is 0 Å². The fourth-order valence-corrected chi connectivity index (χ4v) is 7.39. The van der Waals surface area contributed by atoms with Crippen molar-refractivity contribution in [1.29, 1.82) is 0 Å². The summed E-state index contributed by atoms with van der Waals surface area (Å²) >= 11 is 0. The second-order valence-corrected chi connectivity index (χ2v) is 16.3. The number of hydrogen-bond donors (Lipinski definition) is 4. The first-order valence-corrected chi connectivity index (χ1v) is 18.9. The highest BCUT2D eigenvalue weighted by Gasteiger charge is 2.45. The molecule has 0 saturated carbocycles. The molecule has 1 fully saturated rings. The molecular formula is C46H66O6. The van der Waals surface area contributed by atoms with Crippen molar-refractivity contribution >= 4 is 0 Å². The number of hydrogen-bond acceptors (Lipinski definition) is 6. The Hall–Kier alpha value is -3.10. The van der Waals surface area contributed by atoms with Crippen molar-refractivity contribution in [3.05, 3.63) is 130 Å². The molecule has 4 N–H and O–H groups in total. The average molecular weight is 715 g/mol. The summed E-state index contributed by atoms with van der Waals surface area (Å²) in [6.07, 6.45) is 28.4. The van der Waals surface area contributed by atoms with Crippen LogP contribution >= 0.6 is 0 Å². The highest BCUT2D eigenvalue weighted by molar-refractivity contribution is 5.39. The molecule has 0 aromatic carbocycles. The maximum atomic E-state index is 10.4. The molecule has 6 atom stereocenters. The van der Waals surface area contributed by atoms with Crippen molar-refractivity contribution in [3.8, 4) is 0 Å². The zero-order chi connectivity index (χ0) is 38.6. The fraction of sp³-hybridized carbons (Fsp3) is 0.522. The van der Waals surface area contributed by atoms with Crippen LogP contribution in [0.1, 0.15) is 101 Å². The highest BCUT2D eigenvalue weighted by atomic mass is 16.7. The smallest absolute Gasteiger partial charge is 0.186 e. The molecule has 6 nitrogen and oxygen atoms in total. The van der Waals surface area contributed by atoms with E-state index in [4.69, 9.17) is 9.47 Å². The van der Waals surface area contributed by atoms with E-state index in [1.54, 1.807) is 0 Å². The topological polar surface area (TPSA) is 99.4 Å². The SMILES string of the molecule is CC1=C(/C=C/C(C)=C/C=C/C(C)=C/C=C/C=C(C)/C=C/C=C(C)/C=C/C2=C(C)C[C@@H](O[C@@H]3O[C@H](CO)[C@@H](O)[C@H](O)[C@H]3O)CC2(C)C)C(C)(C)CCC1. The Morgan fingerprint density at radius 2 is 1.19 bits per heavy atom. The third-order valence-electron chi connectivity index (χ3n) is 10.5. The summed E-state index contributed by atoms with van der Waals surface area (Å²) in [5, 5.41) is 40.2. The lowest BCUT2D eigenvalue weighted by Gasteiger charge is -2.43. The first kappa shape index (κ1) is 43.3. The van der Waals surface area contributed by atoms with Gasteiger partial charge < -0.3 is 29.9 Å². The van der Waals surface area contributed by atoms with E-state index in [0.29, 0.717) is 12.8 Å². The van der Waals surface area contributed by atoms with Crippen molar-refractivity contribution in [3.63, 3.8) is 0 Å². The van der Waals surface area contributed by atoms with E-state index in [1.165, 1.54) is 52.7 Å². The van der Waals surface area contributed by atoms with Crippen LogP contribution in [0.3, 0.4) is 0 Å². The van der Waals surface area contributed by atoms with Crippen LogP contribution in [0.15, 0.2) is 130 Å². The molecular weight excluding hydrogens is 649 g/mol. The van der Waals surface area contributed by atoms with E-state index < -0.39 is 37.3 Å². The van der Waals surface area contributed by atoms with Crippen molar-refractivity contribution in [1.82, 2.24) is 0 Å². The van der Waals surface area contributed by atoms with Gasteiger partial charge in [0.2, 0.25) is 0 Å². The van der Waals surface area contributed by atoms with Gasteiger partial charge in [-0.3, -0.25) is 0 Å². The first-order chi connectivity index (χ1) is 24.4. The Kier molecular flexibility index (Phi) is 16.5. The third-order valence-corrected chi connectivity index (χ3v) is 10.5. The van der Waals surface area contributed by atoms with Crippen LogP contribution in [0.25, 0.3) is 0 Å². The lowest BCUT2D eigenvalue weighted by Crippen LogP contribution is -2.59. The maximum absolute atomic E-state index is 10.4. The summed E-state index contributed by atoms with van der Waals surface area (Å²) in [4.78, 5) is 0. The monoisotopic (exact) mass is 714 g/mol. The van der Waals surface area contributed by atoms with E-state index >= 15 is 0 Å². The van der Waals surface area contributed by atoms with Gasteiger partial charge in [0, 0.05) is 0 Å². The Morgan fingerprint density at radius 3 is 1.69 bits per heavy atom. The predicted octanol–water partition coefficient (Wildman–Crippen LogP) is 9.40. The zero-order valence-electron chi connectivity index (χ0n) is 33.4. The van der Waals surface area contributed by atoms with Gasteiger partial charge in [-0.25, -0.2) is 0 Å². The zero-order valence-corrected chi connectivity index (χ0v) is 33.4. The minimum Gasteiger partial charge on any atom is -0.394 e. The molecule has 3 rings (SSSR count). The highest BCUT2D eigenvalue weighted by Crippen LogP contribution is 2.43. The van der Waals surface area contributed by atoms with Crippen LogP contribution in [-0.2, 0) is 9.47 Å². The molecule has 286 valence electrons. The lowest BCUT2D eigenvalue weighted by atomic mass is 9.71. The van der Waals surface area contributed by atoms with Crippen LogP contribution in [0.2, 0.25) is 0 Å². The Balaban J connectivity index is 1.52. The van der Waals surface area contributed by atoms with Gasteiger partial charge in [0.05, 0.1) is 12.7 Å². The molecule has 0 radical (unpaired) electrons. The molecule has 52 heavy (non-hydrogen) atoms. The Bertz CT molecular complexity index is 1560. The Labute approximate surface area is 314 Å². The van der Waals surface area contributed by atoms with Crippen molar-refractivity contribution in [2.24, 2.45) is 10.8 Å². The van der Waals surface area contributed by atoms with Crippen LogP contribution in [-0.4, -0.2) is 63.8 Å². The van der Waals surface area contributed by atoms with E-state index in [9.17, 15) is 20.4 Å². The number of rotatable bonds is 13. The molecule has 3 aliphatic rings. The summed E-state index contributed by atoms with van der Waals surface area (Å²) in [5.41, 5.74) is 10.2. The molecule has 0 unspecified atom stereocenters. The molecule has 1 saturated heterocycles. The molecule has 0 spiro atoms. The quantitative estimate of drug-likeness (QED) is 0.142. The van der Waals surface area contributed by atoms with Gasteiger partial charge in [-0.05, 0) is 95.6 Å². The standard InChI is InChI=1S/C46H66O6/c1-31(18-13-20-33(3)23-25-38-35(5)22-15-27-45(38,7)8)16-11-12-17-32(2)19-14-21-34(4)24-26-39-36(6)28-37(29-46(39,9)10)51-44-43(50)42(49)41(48)40(30-47)52-44/h11-14,16-21,23-26,37,40-44,47-50H,15,22,27-30H2,1-10H3/b12-11+,18-13+,19-14+,25-23+,26-24+,31-16+,32-17+,33-20+,34-21+/t37-,40-,41-,42+,43-,44-/m1/s1. The molecule has 0 amide bonds. The molecule has 0 aromatic rings. The van der Waals surface area contributed by atoms with Gasteiger partial charge in [0.15, 0.2) is 6.29 Å². The van der Waals surface area contributed by atoms with E-state index in [2.05, 4.69) is 154 Å². The molecule has 0 bridgehead atoms. The van der Waals surface area contributed by atoms with Crippen LogP contribution in [0.4, 0.5) is 0 Å². The summed E-state index contributed by atoms with van der Waals surface area (Å²) in [5.74, 6) is 0. The van der Waals surface area contributed by atoms with Crippen LogP contribution < -0.4 is 0 Å². The average Bonchev–Trinajstić information content (AvgIpc) is 3.05. The number of allylic oxidation sites excluding steroid dienone is 21. The summed E-state index contributed by atoms with van der Waals surface area (Å²) in [7, 11) is 0.